The molecule has 0 atom stereocenters. The number of pyridine rings is 1. The lowest BCUT2D eigenvalue weighted by Crippen LogP contribution is -2.16. The SMILES string of the molecule is Fc1[c]ccc(F)c1N(c1ccccn1)c1nc2ncncc2[nH]1. The molecule has 0 bridgehead atoms. The summed E-state index contributed by atoms with van der Waals surface area (Å²) in [6.07, 6.45) is 4.39. The number of hydrogen-bond donors (Lipinski definition) is 1. The second kappa shape index (κ2) is 5.65. The first kappa shape index (κ1) is 14.2. The number of benzene rings is 1. The molecule has 4 rings (SSSR count). The summed E-state index contributed by atoms with van der Waals surface area (Å²) in [6.45, 7) is 0. The molecule has 0 fully saturated rings. The molecule has 0 aliphatic heterocycles. The van der Waals surface area contributed by atoms with Crippen molar-refractivity contribution < 1.29 is 8.78 Å². The van der Waals surface area contributed by atoms with Gasteiger partial charge in [0.05, 0.1) is 6.20 Å². The highest BCUT2D eigenvalue weighted by molar-refractivity contribution is 5.78. The zero-order valence-electron chi connectivity index (χ0n) is 12.1. The summed E-state index contributed by atoms with van der Waals surface area (Å²) in [5.74, 6) is -1.15. The second-order valence-electron chi connectivity index (χ2n) is 4.83. The highest BCUT2D eigenvalue weighted by Gasteiger charge is 2.24. The normalized spacial score (nSPS) is 10.9. The van der Waals surface area contributed by atoms with Gasteiger partial charge in [-0.25, -0.2) is 23.7 Å². The Morgan fingerprint density at radius 3 is 2.79 bits per heavy atom. The average molecular weight is 323 g/mol. The summed E-state index contributed by atoms with van der Waals surface area (Å²) in [6, 6.07) is 9.67. The van der Waals surface area contributed by atoms with Gasteiger partial charge in [-0.2, -0.15) is 4.98 Å². The Labute approximate surface area is 134 Å². The Balaban J connectivity index is 1.97. The number of nitrogens with zero attached hydrogens (tertiary/aromatic N) is 5. The van der Waals surface area contributed by atoms with Crippen LogP contribution in [-0.4, -0.2) is 24.9 Å². The van der Waals surface area contributed by atoms with Crippen LogP contribution < -0.4 is 4.90 Å². The van der Waals surface area contributed by atoms with Crippen LogP contribution in [0, 0.1) is 17.7 Å². The summed E-state index contributed by atoms with van der Waals surface area (Å²) in [7, 11) is 0. The Bertz CT molecular complexity index is 949. The summed E-state index contributed by atoms with van der Waals surface area (Å²) >= 11 is 0. The number of hydrogen-bond acceptors (Lipinski definition) is 5. The number of aromatic amines is 1. The zero-order valence-corrected chi connectivity index (χ0v) is 12.1. The molecule has 0 aliphatic rings. The molecular formula is C16H9F2N6. The topological polar surface area (TPSA) is 70.6 Å². The molecule has 6 nitrogen and oxygen atoms in total. The fourth-order valence-corrected chi connectivity index (χ4v) is 2.32. The fraction of sp³-hybridized carbons (Fsp3) is 0. The Morgan fingerprint density at radius 1 is 1.12 bits per heavy atom. The number of H-pyrrole nitrogens is 1. The van der Waals surface area contributed by atoms with Gasteiger partial charge >= 0.3 is 0 Å². The van der Waals surface area contributed by atoms with Gasteiger partial charge in [-0.05, 0) is 24.3 Å². The van der Waals surface area contributed by atoms with Crippen molar-refractivity contribution in [2.24, 2.45) is 0 Å². The molecule has 1 radical (unpaired) electrons. The molecule has 3 heterocycles. The van der Waals surface area contributed by atoms with Crippen LogP contribution >= 0.6 is 0 Å². The lowest BCUT2D eigenvalue weighted by atomic mass is 10.2. The molecule has 3 aromatic heterocycles. The predicted octanol–water partition coefficient (Wildman–Crippen LogP) is 3.30. The van der Waals surface area contributed by atoms with Crippen LogP contribution in [0.3, 0.4) is 0 Å². The van der Waals surface area contributed by atoms with E-state index >= 15 is 0 Å². The van der Waals surface area contributed by atoms with Crippen LogP contribution in [0.2, 0.25) is 0 Å². The first-order valence-corrected chi connectivity index (χ1v) is 6.96. The van der Waals surface area contributed by atoms with Crippen molar-refractivity contribution in [3.8, 4) is 0 Å². The third-order valence-corrected chi connectivity index (χ3v) is 3.34. The maximum absolute atomic E-state index is 14.3. The van der Waals surface area contributed by atoms with Gasteiger partial charge in [0.1, 0.15) is 29.2 Å². The number of imidazole rings is 1. The van der Waals surface area contributed by atoms with Gasteiger partial charge in [-0.3, -0.25) is 4.90 Å². The summed E-state index contributed by atoms with van der Waals surface area (Å²) < 4.78 is 28.6. The largest absolute Gasteiger partial charge is 0.321 e. The zero-order chi connectivity index (χ0) is 16.5. The number of halogens is 2. The van der Waals surface area contributed by atoms with Crippen molar-refractivity contribution >= 4 is 28.6 Å². The van der Waals surface area contributed by atoms with Crippen molar-refractivity contribution in [1.82, 2.24) is 24.9 Å². The minimum absolute atomic E-state index is 0.168. The molecule has 0 aliphatic carbocycles. The molecule has 4 aromatic rings. The number of anilines is 3. The summed E-state index contributed by atoms with van der Waals surface area (Å²) in [4.78, 5) is 20.6. The summed E-state index contributed by atoms with van der Waals surface area (Å²) in [5.41, 5.74) is 0.582. The van der Waals surface area contributed by atoms with E-state index in [-0.39, 0.29) is 11.6 Å². The van der Waals surface area contributed by atoms with Crippen molar-refractivity contribution in [3.05, 3.63) is 66.8 Å². The average Bonchev–Trinajstić information content (AvgIpc) is 3.02. The van der Waals surface area contributed by atoms with Crippen molar-refractivity contribution in [2.45, 2.75) is 0 Å². The Morgan fingerprint density at radius 2 is 2.04 bits per heavy atom. The van der Waals surface area contributed by atoms with E-state index in [1.54, 1.807) is 18.2 Å². The minimum Gasteiger partial charge on any atom is -0.321 e. The van der Waals surface area contributed by atoms with Crippen molar-refractivity contribution in [3.63, 3.8) is 0 Å². The highest BCUT2D eigenvalue weighted by Crippen LogP contribution is 2.35. The lowest BCUT2D eigenvalue weighted by molar-refractivity contribution is 0.583. The molecule has 0 saturated heterocycles. The van der Waals surface area contributed by atoms with E-state index in [0.29, 0.717) is 17.0 Å². The molecule has 1 N–H and O–H groups in total. The van der Waals surface area contributed by atoms with Crippen LogP contribution in [0.4, 0.5) is 26.2 Å². The van der Waals surface area contributed by atoms with E-state index < -0.39 is 11.6 Å². The number of rotatable bonds is 3. The maximum atomic E-state index is 14.3. The predicted molar refractivity (Wildman–Crippen MR) is 82.9 cm³/mol. The van der Waals surface area contributed by atoms with Crippen LogP contribution in [0.1, 0.15) is 0 Å². The molecule has 0 saturated carbocycles. The number of aromatic nitrogens is 5. The van der Waals surface area contributed by atoms with Gasteiger partial charge in [0.2, 0.25) is 5.95 Å². The van der Waals surface area contributed by atoms with Gasteiger partial charge in [-0.15, -0.1) is 0 Å². The molecule has 1 aromatic carbocycles. The summed E-state index contributed by atoms with van der Waals surface area (Å²) in [5, 5.41) is 0. The van der Waals surface area contributed by atoms with Gasteiger partial charge in [0.25, 0.3) is 0 Å². The van der Waals surface area contributed by atoms with Crippen LogP contribution in [-0.2, 0) is 0 Å². The first-order valence-electron chi connectivity index (χ1n) is 6.96. The molecule has 0 unspecified atom stereocenters. The van der Waals surface area contributed by atoms with E-state index in [2.05, 4.69) is 31.0 Å². The lowest BCUT2D eigenvalue weighted by Gasteiger charge is -2.21. The smallest absolute Gasteiger partial charge is 0.216 e. The van der Waals surface area contributed by atoms with E-state index in [1.165, 1.54) is 29.7 Å². The van der Waals surface area contributed by atoms with E-state index in [4.69, 9.17) is 0 Å². The molecule has 24 heavy (non-hydrogen) atoms. The van der Waals surface area contributed by atoms with E-state index in [0.717, 1.165) is 6.07 Å². The van der Waals surface area contributed by atoms with E-state index in [9.17, 15) is 8.78 Å². The monoisotopic (exact) mass is 323 g/mol. The highest BCUT2D eigenvalue weighted by atomic mass is 19.1. The third-order valence-electron chi connectivity index (χ3n) is 3.34. The van der Waals surface area contributed by atoms with Gasteiger partial charge < -0.3 is 4.98 Å². The Kier molecular flexibility index (Phi) is 3.34. The second-order valence-corrected chi connectivity index (χ2v) is 4.83. The van der Waals surface area contributed by atoms with Crippen LogP contribution in [0.25, 0.3) is 11.2 Å². The van der Waals surface area contributed by atoms with Gasteiger partial charge in [0, 0.05) is 12.3 Å². The van der Waals surface area contributed by atoms with Crippen LogP contribution in [0.15, 0.2) is 49.1 Å². The first-order chi connectivity index (χ1) is 11.7. The van der Waals surface area contributed by atoms with E-state index in [1.807, 2.05) is 0 Å². The Hall–Kier alpha value is -3.42. The maximum Gasteiger partial charge on any atom is 0.216 e. The van der Waals surface area contributed by atoms with Crippen molar-refractivity contribution in [1.29, 1.82) is 0 Å². The van der Waals surface area contributed by atoms with Crippen molar-refractivity contribution in [2.75, 3.05) is 4.90 Å². The van der Waals surface area contributed by atoms with Gasteiger partial charge in [-0.1, -0.05) is 6.07 Å². The number of nitrogens with one attached hydrogen (secondary N) is 1. The van der Waals surface area contributed by atoms with Crippen LogP contribution in [0.5, 0.6) is 0 Å². The molecule has 0 spiro atoms. The fourth-order valence-electron chi connectivity index (χ4n) is 2.32. The third kappa shape index (κ3) is 2.34. The molecule has 8 heteroatoms. The molecule has 117 valence electrons. The molecular weight excluding hydrogens is 314 g/mol. The number of fused-ring (bicyclic) bond motifs is 1. The standard InChI is InChI=1S/C16H9F2N6/c17-10-4-3-5-11(18)14(10)24(13-6-1-2-7-20-13)16-22-12-8-19-9-21-15(12)23-16/h1-4,6-9H,(H,19,21,22,23). The minimum atomic E-state index is -0.854. The quantitative estimate of drug-likeness (QED) is 0.626. The molecule has 0 amide bonds. The van der Waals surface area contributed by atoms with Gasteiger partial charge in [0.15, 0.2) is 11.5 Å².